The van der Waals surface area contributed by atoms with Crippen LogP contribution in [0.5, 0.6) is 5.75 Å². The monoisotopic (exact) mass is 385 g/mol. The molecule has 3 nitrogen and oxygen atoms in total. The van der Waals surface area contributed by atoms with Gasteiger partial charge in [0, 0.05) is 9.50 Å². The minimum absolute atomic E-state index is 0.112. The Labute approximate surface area is 141 Å². The van der Waals surface area contributed by atoms with Crippen LogP contribution >= 0.6 is 27.5 Å². The zero-order valence-corrected chi connectivity index (χ0v) is 14.1. The van der Waals surface area contributed by atoms with Crippen LogP contribution in [0.3, 0.4) is 0 Å². The Morgan fingerprint density at radius 2 is 2.14 bits per heavy atom. The molecule has 1 N–H and O–H groups in total. The number of anilines is 1. The highest BCUT2D eigenvalue weighted by atomic mass is 79.9. The molecule has 2 aromatic carbocycles. The molecule has 0 spiro atoms. The summed E-state index contributed by atoms with van der Waals surface area (Å²) in [6.07, 6.45) is -0.294. The van der Waals surface area contributed by atoms with Crippen LogP contribution in [0.2, 0.25) is 5.02 Å². The first-order valence-corrected chi connectivity index (χ1v) is 7.85. The zero-order valence-electron chi connectivity index (χ0n) is 11.8. The summed E-state index contributed by atoms with van der Waals surface area (Å²) in [6, 6.07) is 11.2. The van der Waals surface area contributed by atoms with Gasteiger partial charge in [0.15, 0.2) is 6.10 Å². The number of carbonyl (C=O) groups is 1. The third-order valence-electron chi connectivity index (χ3n) is 2.93. The van der Waals surface area contributed by atoms with Crippen molar-refractivity contribution in [3.8, 4) is 5.75 Å². The summed E-state index contributed by atoms with van der Waals surface area (Å²) in [7, 11) is 0. The van der Waals surface area contributed by atoms with E-state index in [4.69, 9.17) is 16.3 Å². The summed E-state index contributed by atoms with van der Waals surface area (Å²) in [5.74, 6) is -0.435. The largest absolute Gasteiger partial charge is 0.481 e. The Kier molecular flexibility index (Phi) is 5.80. The molecular weight excluding hydrogens is 373 g/mol. The van der Waals surface area contributed by atoms with E-state index in [2.05, 4.69) is 21.2 Å². The summed E-state index contributed by atoms with van der Waals surface area (Å²) < 4.78 is 20.0. The van der Waals surface area contributed by atoms with Crippen LogP contribution in [0.4, 0.5) is 10.1 Å². The van der Waals surface area contributed by atoms with Crippen molar-refractivity contribution in [2.24, 2.45) is 0 Å². The summed E-state index contributed by atoms with van der Waals surface area (Å²) >= 11 is 9.05. The number of halogens is 3. The van der Waals surface area contributed by atoms with Crippen molar-refractivity contribution in [2.45, 2.75) is 19.4 Å². The summed E-state index contributed by atoms with van der Waals surface area (Å²) in [5, 5.41) is 3.05. The standard InChI is InChI=1S/C16H14BrClFNO2/c1-2-15(22-12-5-3-4-11(18)9-12)16(21)20-14-7-6-10(17)8-13(14)19/h3-9,15H,2H2,1H3,(H,20,21)/t15-/m0/s1. The Hall–Kier alpha value is -1.59. The Morgan fingerprint density at radius 1 is 1.36 bits per heavy atom. The van der Waals surface area contributed by atoms with Crippen molar-refractivity contribution in [3.05, 3.63) is 57.8 Å². The fourth-order valence-corrected chi connectivity index (χ4v) is 2.34. The lowest BCUT2D eigenvalue weighted by atomic mass is 10.2. The van der Waals surface area contributed by atoms with Crippen LogP contribution < -0.4 is 10.1 Å². The number of carbonyl (C=O) groups excluding carboxylic acids is 1. The maximum Gasteiger partial charge on any atom is 0.265 e. The van der Waals surface area contributed by atoms with E-state index in [0.717, 1.165) is 0 Å². The molecule has 0 radical (unpaired) electrons. The molecule has 22 heavy (non-hydrogen) atoms. The van der Waals surface area contributed by atoms with Crippen LogP contribution in [-0.2, 0) is 4.79 Å². The second-order valence-electron chi connectivity index (χ2n) is 4.59. The van der Waals surface area contributed by atoms with E-state index in [9.17, 15) is 9.18 Å². The first-order valence-electron chi connectivity index (χ1n) is 6.67. The number of hydrogen-bond donors (Lipinski definition) is 1. The highest BCUT2D eigenvalue weighted by Crippen LogP contribution is 2.22. The van der Waals surface area contributed by atoms with Gasteiger partial charge in [-0.25, -0.2) is 4.39 Å². The van der Waals surface area contributed by atoms with Gasteiger partial charge in [0.2, 0.25) is 0 Å². The van der Waals surface area contributed by atoms with E-state index in [1.54, 1.807) is 30.3 Å². The van der Waals surface area contributed by atoms with Gasteiger partial charge < -0.3 is 10.1 Å². The zero-order chi connectivity index (χ0) is 16.1. The minimum Gasteiger partial charge on any atom is -0.481 e. The van der Waals surface area contributed by atoms with E-state index in [1.165, 1.54) is 12.1 Å². The normalized spacial score (nSPS) is 11.8. The Balaban J connectivity index is 2.08. The summed E-state index contributed by atoms with van der Waals surface area (Å²) in [5.41, 5.74) is 0.112. The van der Waals surface area contributed by atoms with Gasteiger partial charge in [-0.05, 0) is 42.8 Å². The van der Waals surface area contributed by atoms with Crippen LogP contribution in [-0.4, -0.2) is 12.0 Å². The number of ether oxygens (including phenoxy) is 1. The van der Waals surface area contributed by atoms with Gasteiger partial charge in [-0.2, -0.15) is 0 Å². The number of rotatable bonds is 5. The SMILES string of the molecule is CC[C@H](Oc1cccc(Cl)c1)C(=O)Nc1ccc(Br)cc1F. The molecule has 0 heterocycles. The summed E-state index contributed by atoms with van der Waals surface area (Å²) in [4.78, 5) is 12.2. The molecule has 1 atom stereocenters. The van der Waals surface area contributed by atoms with Gasteiger partial charge in [-0.15, -0.1) is 0 Å². The molecule has 0 aliphatic heterocycles. The predicted molar refractivity (Wildman–Crippen MR) is 88.9 cm³/mol. The van der Waals surface area contributed by atoms with Crippen molar-refractivity contribution in [2.75, 3.05) is 5.32 Å². The third-order valence-corrected chi connectivity index (χ3v) is 3.65. The number of amides is 1. The van der Waals surface area contributed by atoms with Crippen molar-refractivity contribution in [1.29, 1.82) is 0 Å². The lowest BCUT2D eigenvalue weighted by Gasteiger charge is -2.17. The molecule has 0 aromatic heterocycles. The van der Waals surface area contributed by atoms with Gasteiger partial charge in [-0.3, -0.25) is 4.79 Å². The van der Waals surface area contributed by atoms with E-state index < -0.39 is 17.8 Å². The number of benzene rings is 2. The van der Waals surface area contributed by atoms with Crippen molar-refractivity contribution < 1.29 is 13.9 Å². The minimum atomic E-state index is -0.735. The molecule has 2 aromatic rings. The predicted octanol–water partition coefficient (Wildman–Crippen LogP) is 5.04. The van der Waals surface area contributed by atoms with Gasteiger partial charge in [0.05, 0.1) is 5.69 Å². The van der Waals surface area contributed by atoms with E-state index in [-0.39, 0.29) is 5.69 Å². The molecule has 0 saturated heterocycles. The van der Waals surface area contributed by atoms with Crippen LogP contribution in [0.15, 0.2) is 46.9 Å². The smallest absolute Gasteiger partial charge is 0.265 e. The molecule has 1 amide bonds. The van der Waals surface area contributed by atoms with E-state index in [1.807, 2.05) is 6.92 Å². The molecule has 0 bridgehead atoms. The molecule has 116 valence electrons. The second kappa shape index (κ2) is 7.61. The third kappa shape index (κ3) is 4.45. The fourth-order valence-electron chi connectivity index (χ4n) is 1.83. The summed E-state index contributed by atoms with van der Waals surface area (Å²) in [6.45, 7) is 1.81. The average Bonchev–Trinajstić information content (AvgIpc) is 2.47. The van der Waals surface area contributed by atoms with Crippen molar-refractivity contribution >= 4 is 39.1 Å². The molecule has 0 aliphatic rings. The van der Waals surface area contributed by atoms with Crippen LogP contribution in [0.25, 0.3) is 0 Å². The molecule has 2 rings (SSSR count). The molecular formula is C16H14BrClFNO2. The lowest BCUT2D eigenvalue weighted by molar-refractivity contribution is -0.122. The van der Waals surface area contributed by atoms with E-state index in [0.29, 0.717) is 21.7 Å². The van der Waals surface area contributed by atoms with Gasteiger partial charge in [-0.1, -0.05) is 40.5 Å². The highest BCUT2D eigenvalue weighted by Gasteiger charge is 2.20. The van der Waals surface area contributed by atoms with Crippen molar-refractivity contribution in [1.82, 2.24) is 0 Å². The molecule has 6 heteroatoms. The van der Waals surface area contributed by atoms with Gasteiger partial charge >= 0.3 is 0 Å². The lowest BCUT2D eigenvalue weighted by Crippen LogP contribution is -2.32. The number of nitrogens with one attached hydrogen (secondary N) is 1. The fraction of sp³-hybridized carbons (Fsp3) is 0.188. The average molecular weight is 387 g/mol. The Morgan fingerprint density at radius 3 is 2.77 bits per heavy atom. The maximum absolute atomic E-state index is 13.8. The topological polar surface area (TPSA) is 38.3 Å². The Bertz CT molecular complexity index is 681. The quantitative estimate of drug-likeness (QED) is 0.782. The van der Waals surface area contributed by atoms with Crippen LogP contribution in [0.1, 0.15) is 13.3 Å². The maximum atomic E-state index is 13.8. The first-order chi connectivity index (χ1) is 10.5. The van der Waals surface area contributed by atoms with Crippen LogP contribution in [0, 0.1) is 5.82 Å². The molecule has 0 fully saturated rings. The van der Waals surface area contributed by atoms with Gasteiger partial charge in [0.1, 0.15) is 11.6 Å². The molecule has 0 unspecified atom stereocenters. The second-order valence-corrected chi connectivity index (χ2v) is 5.94. The highest BCUT2D eigenvalue weighted by molar-refractivity contribution is 9.10. The number of hydrogen-bond acceptors (Lipinski definition) is 2. The van der Waals surface area contributed by atoms with Crippen molar-refractivity contribution in [3.63, 3.8) is 0 Å². The molecule has 0 aliphatic carbocycles. The molecule has 0 saturated carbocycles. The van der Waals surface area contributed by atoms with Gasteiger partial charge in [0.25, 0.3) is 5.91 Å². The van der Waals surface area contributed by atoms with E-state index >= 15 is 0 Å². The first kappa shape index (κ1) is 16.8.